The van der Waals surface area contributed by atoms with Gasteiger partial charge in [0, 0.05) is 25.8 Å². The first-order valence-corrected chi connectivity index (χ1v) is 7.61. The molecule has 0 bridgehead atoms. The Balaban J connectivity index is 1.94. The lowest BCUT2D eigenvalue weighted by molar-refractivity contribution is -0.124. The van der Waals surface area contributed by atoms with Gasteiger partial charge in [-0.1, -0.05) is 20.8 Å². The van der Waals surface area contributed by atoms with Crippen molar-refractivity contribution in [3.63, 3.8) is 0 Å². The van der Waals surface area contributed by atoms with Gasteiger partial charge in [0.2, 0.25) is 5.91 Å². The summed E-state index contributed by atoms with van der Waals surface area (Å²) in [5, 5.41) is 2.91. The Labute approximate surface area is 126 Å². The summed E-state index contributed by atoms with van der Waals surface area (Å²) in [6.07, 6.45) is 4.25. The third kappa shape index (κ3) is 4.17. The number of nitrogens with zero attached hydrogens (tertiary/aromatic N) is 2. The number of rotatable bonds is 4. The van der Waals surface area contributed by atoms with E-state index < -0.39 is 6.04 Å². The van der Waals surface area contributed by atoms with Crippen LogP contribution in [0.5, 0.6) is 0 Å². The van der Waals surface area contributed by atoms with Gasteiger partial charge in [0.1, 0.15) is 5.82 Å². The largest absolute Gasteiger partial charge is 0.357 e. The van der Waals surface area contributed by atoms with Crippen LogP contribution in [0.3, 0.4) is 0 Å². The first-order chi connectivity index (χ1) is 9.88. The zero-order chi connectivity index (χ0) is 15.5. The van der Waals surface area contributed by atoms with E-state index in [1.165, 1.54) is 12.8 Å². The van der Waals surface area contributed by atoms with Gasteiger partial charge < -0.3 is 16.0 Å². The van der Waals surface area contributed by atoms with Crippen LogP contribution in [0, 0.1) is 5.41 Å². The Morgan fingerprint density at radius 2 is 2.10 bits per heavy atom. The van der Waals surface area contributed by atoms with E-state index in [2.05, 4.69) is 15.2 Å². The summed E-state index contributed by atoms with van der Waals surface area (Å²) in [4.78, 5) is 18.7. The van der Waals surface area contributed by atoms with Gasteiger partial charge in [0.15, 0.2) is 0 Å². The molecule has 116 valence electrons. The zero-order valence-electron chi connectivity index (χ0n) is 13.2. The maximum absolute atomic E-state index is 12.0. The summed E-state index contributed by atoms with van der Waals surface area (Å²) < 4.78 is 0. The lowest BCUT2D eigenvalue weighted by Crippen LogP contribution is -2.48. The minimum Gasteiger partial charge on any atom is -0.357 e. The number of aromatic nitrogens is 1. The van der Waals surface area contributed by atoms with Crippen molar-refractivity contribution in [2.24, 2.45) is 11.1 Å². The van der Waals surface area contributed by atoms with E-state index in [4.69, 9.17) is 5.73 Å². The quantitative estimate of drug-likeness (QED) is 0.885. The molecule has 1 aliphatic rings. The maximum atomic E-state index is 12.0. The van der Waals surface area contributed by atoms with Crippen molar-refractivity contribution in [2.75, 3.05) is 18.0 Å². The van der Waals surface area contributed by atoms with Crippen LogP contribution < -0.4 is 16.0 Å². The number of hydrogen-bond acceptors (Lipinski definition) is 4. The fourth-order valence-electron chi connectivity index (χ4n) is 2.38. The molecule has 1 atom stereocenters. The summed E-state index contributed by atoms with van der Waals surface area (Å²) in [5.41, 5.74) is 6.78. The molecule has 2 heterocycles. The van der Waals surface area contributed by atoms with E-state index in [1.54, 1.807) is 6.20 Å². The number of carbonyl (C=O) groups excluding carboxylic acids is 1. The number of nitrogens with two attached hydrogens (primary N) is 1. The summed E-state index contributed by atoms with van der Waals surface area (Å²) in [6.45, 7) is 8.53. The SMILES string of the molecule is CC(C)(C)[C@H](N)C(=O)NCc1ccnc(N2CCCC2)c1. The van der Waals surface area contributed by atoms with E-state index >= 15 is 0 Å². The molecule has 5 heteroatoms. The maximum Gasteiger partial charge on any atom is 0.237 e. The predicted octanol–water partition coefficient (Wildman–Crippen LogP) is 1.67. The number of pyridine rings is 1. The van der Waals surface area contributed by atoms with Gasteiger partial charge in [-0.05, 0) is 36.0 Å². The fraction of sp³-hybridized carbons (Fsp3) is 0.625. The normalized spacial score (nSPS) is 16.9. The smallest absolute Gasteiger partial charge is 0.237 e. The Hall–Kier alpha value is -1.62. The second kappa shape index (κ2) is 6.43. The van der Waals surface area contributed by atoms with Crippen molar-refractivity contribution in [3.8, 4) is 0 Å². The van der Waals surface area contributed by atoms with E-state index in [1.807, 2.05) is 32.9 Å². The van der Waals surface area contributed by atoms with Crippen molar-refractivity contribution in [1.29, 1.82) is 0 Å². The lowest BCUT2D eigenvalue weighted by Gasteiger charge is -2.25. The first-order valence-electron chi connectivity index (χ1n) is 7.61. The molecule has 1 aliphatic heterocycles. The lowest BCUT2D eigenvalue weighted by atomic mass is 9.87. The highest BCUT2D eigenvalue weighted by molar-refractivity contribution is 5.82. The second-order valence-corrected chi connectivity index (χ2v) is 6.78. The van der Waals surface area contributed by atoms with Crippen molar-refractivity contribution in [3.05, 3.63) is 23.9 Å². The summed E-state index contributed by atoms with van der Waals surface area (Å²) >= 11 is 0. The van der Waals surface area contributed by atoms with Crippen LogP contribution >= 0.6 is 0 Å². The van der Waals surface area contributed by atoms with Gasteiger partial charge >= 0.3 is 0 Å². The minimum atomic E-state index is -0.502. The molecule has 3 N–H and O–H groups in total. The van der Waals surface area contributed by atoms with Crippen LogP contribution in [0.1, 0.15) is 39.2 Å². The molecule has 1 saturated heterocycles. The third-order valence-corrected chi connectivity index (χ3v) is 3.92. The van der Waals surface area contributed by atoms with Gasteiger partial charge in [-0.2, -0.15) is 0 Å². The summed E-state index contributed by atoms with van der Waals surface area (Å²) in [5.74, 6) is 0.890. The molecular formula is C16H26N4O. The Kier molecular flexibility index (Phi) is 4.83. The Morgan fingerprint density at radius 3 is 2.71 bits per heavy atom. The highest BCUT2D eigenvalue weighted by Gasteiger charge is 2.27. The second-order valence-electron chi connectivity index (χ2n) is 6.78. The van der Waals surface area contributed by atoms with Crippen LogP contribution in [0.4, 0.5) is 5.82 Å². The van der Waals surface area contributed by atoms with Crippen LogP contribution in [0.15, 0.2) is 18.3 Å². The van der Waals surface area contributed by atoms with E-state index in [-0.39, 0.29) is 11.3 Å². The number of anilines is 1. The highest BCUT2D eigenvalue weighted by atomic mass is 16.2. The topological polar surface area (TPSA) is 71.2 Å². The fourth-order valence-corrected chi connectivity index (χ4v) is 2.38. The summed E-state index contributed by atoms with van der Waals surface area (Å²) in [7, 11) is 0. The monoisotopic (exact) mass is 290 g/mol. The van der Waals surface area contributed by atoms with Crippen molar-refractivity contribution >= 4 is 11.7 Å². The molecule has 1 fully saturated rings. The molecule has 2 rings (SSSR count). The number of amides is 1. The number of carbonyl (C=O) groups is 1. The summed E-state index contributed by atoms with van der Waals surface area (Å²) in [6, 6.07) is 3.48. The van der Waals surface area contributed by atoms with Crippen LogP contribution in [-0.4, -0.2) is 30.0 Å². The molecular weight excluding hydrogens is 264 g/mol. The molecule has 0 radical (unpaired) electrons. The average Bonchev–Trinajstić information content (AvgIpc) is 2.97. The van der Waals surface area contributed by atoms with Gasteiger partial charge in [0.05, 0.1) is 6.04 Å². The molecule has 0 unspecified atom stereocenters. The van der Waals surface area contributed by atoms with E-state index in [9.17, 15) is 4.79 Å². The molecule has 1 amide bonds. The molecule has 0 saturated carbocycles. The molecule has 0 spiro atoms. The van der Waals surface area contributed by atoms with Crippen LogP contribution in [0.25, 0.3) is 0 Å². The highest BCUT2D eigenvalue weighted by Crippen LogP contribution is 2.19. The van der Waals surface area contributed by atoms with Gasteiger partial charge in [-0.25, -0.2) is 4.98 Å². The molecule has 5 nitrogen and oxygen atoms in total. The number of hydrogen-bond donors (Lipinski definition) is 2. The van der Waals surface area contributed by atoms with Gasteiger partial charge in [-0.15, -0.1) is 0 Å². The van der Waals surface area contributed by atoms with E-state index in [0.29, 0.717) is 6.54 Å². The molecule has 0 aromatic carbocycles. The zero-order valence-corrected chi connectivity index (χ0v) is 13.2. The molecule has 21 heavy (non-hydrogen) atoms. The van der Waals surface area contributed by atoms with Crippen molar-refractivity contribution in [1.82, 2.24) is 10.3 Å². The van der Waals surface area contributed by atoms with Gasteiger partial charge in [0.25, 0.3) is 0 Å². The molecule has 1 aromatic heterocycles. The number of nitrogens with one attached hydrogen (secondary N) is 1. The van der Waals surface area contributed by atoms with Crippen molar-refractivity contribution in [2.45, 2.75) is 46.2 Å². The minimum absolute atomic E-state index is 0.109. The molecule has 1 aromatic rings. The third-order valence-electron chi connectivity index (χ3n) is 3.92. The first kappa shape index (κ1) is 15.8. The van der Waals surface area contributed by atoms with Gasteiger partial charge in [-0.3, -0.25) is 4.79 Å². The van der Waals surface area contributed by atoms with Crippen molar-refractivity contribution < 1.29 is 4.79 Å². The Morgan fingerprint density at radius 1 is 1.43 bits per heavy atom. The Bertz CT molecular complexity index is 489. The average molecular weight is 290 g/mol. The predicted molar refractivity (Wildman–Crippen MR) is 85.0 cm³/mol. The van der Waals surface area contributed by atoms with Crippen LogP contribution in [0.2, 0.25) is 0 Å². The van der Waals surface area contributed by atoms with E-state index in [0.717, 1.165) is 24.5 Å². The van der Waals surface area contributed by atoms with Crippen LogP contribution in [-0.2, 0) is 11.3 Å². The standard InChI is InChI=1S/C16H26N4O/c1-16(2,3)14(17)15(21)19-11-12-6-7-18-13(10-12)20-8-4-5-9-20/h6-7,10,14H,4-5,8-9,11,17H2,1-3H3,(H,19,21)/t14-/m1/s1. The molecule has 0 aliphatic carbocycles.